The summed E-state index contributed by atoms with van der Waals surface area (Å²) in [6, 6.07) is 6.90. The molecule has 1 aromatic rings. The van der Waals surface area contributed by atoms with Crippen LogP contribution >= 0.6 is 0 Å². The molecule has 4 heteroatoms. The Morgan fingerprint density at radius 3 is 2.59 bits per heavy atom. The second-order valence-electron chi connectivity index (χ2n) is 4.55. The van der Waals surface area contributed by atoms with Crippen LogP contribution in [0.1, 0.15) is 31.1 Å². The van der Waals surface area contributed by atoms with Crippen molar-refractivity contribution in [2.24, 2.45) is 0 Å². The van der Waals surface area contributed by atoms with Crippen molar-refractivity contribution in [1.82, 2.24) is 0 Å². The Morgan fingerprint density at radius 1 is 1.35 bits per heavy atom. The molecule has 17 heavy (non-hydrogen) atoms. The van der Waals surface area contributed by atoms with Crippen molar-refractivity contribution in [3.8, 4) is 0 Å². The highest BCUT2D eigenvalue weighted by molar-refractivity contribution is 5.96. The number of esters is 1. The summed E-state index contributed by atoms with van der Waals surface area (Å²) < 4.78 is 5.27. The van der Waals surface area contributed by atoms with Crippen molar-refractivity contribution in [3.05, 3.63) is 29.8 Å². The van der Waals surface area contributed by atoms with Gasteiger partial charge in [-0.2, -0.15) is 0 Å². The highest BCUT2D eigenvalue weighted by atomic mass is 16.6. The van der Waals surface area contributed by atoms with Crippen LogP contribution < -0.4 is 5.32 Å². The van der Waals surface area contributed by atoms with E-state index >= 15 is 0 Å². The molecule has 0 amide bonds. The molecule has 91 valence electrons. The number of hydrogen-bond donors (Lipinski definition) is 1. The van der Waals surface area contributed by atoms with Crippen LogP contribution in [0.4, 0.5) is 5.69 Å². The minimum Gasteiger partial charge on any atom is -0.456 e. The Hall–Kier alpha value is -1.84. The molecule has 0 atom stereocenters. The third-order valence-corrected chi connectivity index (χ3v) is 1.90. The SMILES string of the molecule is CC(C)(C)OC(=O)c1ccccc1NC[C]=O. The summed E-state index contributed by atoms with van der Waals surface area (Å²) >= 11 is 0. The van der Waals surface area contributed by atoms with Gasteiger partial charge in [-0.15, -0.1) is 0 Å². The molecular formula is C13H16NO3. The third-order valence-electron chi connectivity index (χ3n) is 1.90. The van der Waals surface area contributed by atoms with Crippen molar-refractivity contribution in [2.75, 3.05) is 11.9 Å². The van der Waals surface area contributed by atoms with Crippen molar-refractivity contribution in [3.63, 3.8) is 0 Å². The lowest BCUT2D eigenvalue weighted by molar-refractivity contribution is 0.00707. The highest BCUT2D eigenvalue weighted by Gasteiger charge is 2.19. The van der Waals surface area contributed by atoms with E-state index in [4.69, 9.17) is 4.74 Å². The first-order chi connectivity index (χ1) is 7.94. The average Bonchev–Trinajstić information content (AvgIpc) is 2.24. The smallest absolute Gasteiger partial charge is 0.340 e. The lowest BCUT2D eigenvalue weighted by atomic mass is 10.1. The van der Waals surface area contributed by atoms with Crippen molar-refractivity contribution < 1.29 is 14.3 Å². The van der Waals surface area contributed by atoms with Gasteiger partial charge < -0.3 is 10.1 Å². The first-order valence-electron chi connectivity index (χ1n) is 5.35. The van der Waals surface area contributed by atoms with E-state index in [1.54, 1.807) is 51.3 Å². The Morgan fingerprint density at radius 2 is 2.00 bits per heavy atom. The Labute approximate surface area is 101 Å². The van der Waals surface area contributed by atoms with Gasteiger partial charge in [-0.05, 0) is 32.9 Å². The summed E-state index contributed by atoms with van der Waals surface area (Å²) in [5.74, 6) is -0.411. The predicted molar refractivity (Wildman–Crippen MR) is 65.8 cm³/mol. The van der Waals surface area contributed by atoms with Crippen LogP contribution in [-0.2, 0) is 9.53 Å². The molecule has 0 heterocycles. The maximum Gasteiger partial charge on any atom is 0.340 e. The zero-order valence-electron chi connectivity index (χ0n) is 10.2. The molecule has 0 saturated carbocycles. The number of carbonyl (C=O) groups is 1. The number of anilines is 1. The topological polar surface area (TPSA) is 55.4 Å². The Balaban J connectivity index is 2.88. The average molecular weight is 234 g/mol. The maximum absolute atomic E-state index is 11.9. The standard InChI is InChI=1S/C13H16NO3/c1-13(2,3)17-12(16)10-6-4-5-7-11(10)14-8-9-15/h4-7,14H,8H2,1-3H3. The molecule has 0 aliphatic carbocycles. The van der Waals surface area contributed by atoms with Crippen molar-refractivity contribution >= 4 is 17.9 Å². The summed E-state index contributed by atoms with van der Waals surface area (Å²) in [7, 11) is 0. The number of benzene rings is 1. The Kier molecular flexibility index (Phi) is 4.26. The minimum atomic E-state index is -0.541. The molecule has 1 rings (SSSR count). The number of ether oxygens (including phenoxy) is 1. The van der Waals surface area contributed by atoms with Crippen LogP contribution in [0.15, 0.2) is 24.3 Å². The number of carbonyl (C=O) groups excluding carboxylic acids is 2. The van der Waals surface area contributed by atoms with Crippen molar-refractivity contribution in [1.29, 1.82) is 0 Å². The number of para-hydroxylation sites is 1. The van der Waals surface area contributed by atoms with Crippen LogP contribution in [0.2, 0.25) is 0 Å². The van der Waals surface area contributed by atoms with Crippen LogP contribution in [0.3, 0.4) is 0 Å². The molecule has 0 aliphatic heterocycles. The number of hydrogen-bond acceptors (Lipinski definition) is 4. The fourth-order valence-corrected chi connectivity index (χ4v) is 1.28. The summed E-state index contributed by atoms with van der Waals surface area (Å²) in [6.45, 7) is 5.46. The van der Waals surface area contributed by atoms with E-state index in [0.717, 1.165) is 0 Å². The van der Waals surface area contributed by atoms with E-state index in [0.29, 0.717) is 11.3 Å². The van der Waals surface area contributed by atoms with Gasteiger partial charge in [-0.25, -0.2) is 4.79 Å². The molecule has 0 aromatic heterocycles. The van der Waals surface area contributed by atoms with Gasteiger partial charge in [0.2, 0.25) is 6.29 Å². The minimum absolute atomic E-state index is 0.0415. The molecule has 0 aliphatic rings. The van der Waals surface area contributed by atoms with E-state index in [1.807, 2.05) is 0 Å². The first-order valence-corrected chi connectivity index (χ1v) is 5.35. The van der Waals surface area contributed by atoms with Gasteiger partial charge >= 0.3 is 5.97 Å². The van der Waals surface area contributed by atoms with Crippen LogP contribution in [0.5, 0.6) is 0 Å². The largest absolute Gasteiger partial charge is 0.456 e. The molecule has 0 spiro atoms. The highest BCUT2D eigenvalue weighted by Crippen LogP contribution is 2.19. The lowest BCUT2D eigenvalue weighted by Gasteiger charge is -2.20. The van der Waals surface area contributed by atoms with E-state index < -0.39 is 11.6 Å². The van der Waals surface area contributed by atoms with E-state index in [9.17, 15) is 9.59 Å². The van der Waals surface area contributed by atoms with Crippen LogP contribution in [0.25, 0.3) is 0 Å². The summed E-state index contributed by atoms with van der Waals surface area (Å²) in [6.07, 6.45) is 1.72. The van der Waals surface area contributed by atoms with Gasteiger partial charge in [0.15, 0.2) is 0 Å². The normalized spacial score (nSPS) is 10.8. The first kappa shape index (κ1) is 13.2. The van der Waals surface area contributed by atoms with Gasteiger partial charge in [0.1, 0.15) is 5.60 Å². The quantitative estimate of drug-likeness (QED) is 0.811. The van der Waals surface area contributed by atoms with E-state index in [-0.39, 0.29) is 6.54 Å². The lowest BCUT2D eigenvalue weighted by Crippen LogP contribution is -2.24. The maximum atomic E-state index is 11.9. The van der Waals surface area contributed by atoms with Gasteiger partial charge in [0.05, 0.1) is 12.1 Å². The van der Waals surface area contributed by atoms with Crippen LogP contribution in [-0.4, -0.2) is 24.4 Å². The molecule has 0 unspecified atom stereocenters. The summed E-state index contributed by atoms with van der Waals surface area (Å²) in [5.41, 5.74) is 0.448. The van der Waals surface area contributed by atoms with E-state index in [2.05, 4.69) is 5.32 Å². The Bertz CT molecular complexity index is 407. The molecule has 1 radical (unpaired) electrons. The molecule has 4 nitrogen and oxygen atoms in total. The zero-order valence-corrected chi connectivity index (χ0v) is 10.2. The second kappa shape index (κ2) is 5.48. The summed E-state index contributed by atoms with van der Waals surface area (Å²) in [5, 5.41) is 2.81. The molecule has 1 aromatic carbocycles. The molecule has 1 N–H and O–H groups in total. The third kappa shape index (κ3) is 4.26. The van der Waals surface area contributed by atoms with Gasteiger partial charge in [-0.3, -0.25) is 4.79 Å². The predicted octanol–water partition coefficient (Wildman–Crippen LogP) is 2.16. The molecule has 0 bridgehead atoms. The zero-order chi connectivity index (χ0) is 12.9. The number of rotatable bonds is 4. The van der Waals surface area contributed by atoms with Crippen LogP contribution in [0, 0.1) is 0 Å². The molecule has 0 fully saturated rings. The fraction of sp³-hybridized carbons (Fsp3) is 0.385. The summed E-state index contributed by atoms with van der Waals surface area (Å²) in [4.78, 5) is 22.1. The monoisotopic (exact) mass is 234 g/mol. The van der Waals surface area contributed by atoms with Crippen molar-refractivity contribution in [2.45, 2.75) is 26.4 Å². The molecular weight excluding hydrogens is 218 g/mol. The second-order valence-corrected chi connectivity index (χ2v) is 4.55. The fourth-order valence-electron chi connectivity index (χ4n) is 1.28. The van der Waals surface area contributed by atoms with Gasteiger partial charge in [-0.1, -0.05) is 12.1 Å². The molecule has 0 saturated heterocycles. The van der Waals surface area contributed by atoms with Gasteiger partial charge in [0.25, 0.3) is 0 Å². The van der Waals surface area contributed by atoms with E-state index in [1.165, 1.54) is 0 Å². The number of nitrogens with one attached hydrogen (secondary N) is 1. The van der Waals surface area contributed by atoms with Gasteiger partial charge in [0, 0.05) is 5.69 Å².